The van der Waals surface area contributed by atoms with Crippen LogP contribution in [0.15, 0.2) is 18.2 Å². The van der Waals surface area contributed by atoms with E-state index in [1.165, 1.54) is 6.26 Å². The zero-order chi connectivity index (χ0) is 12.9. The summed E-state index contributed by atoms with van der Waals surface area (Å²) in [6, 6.07) is 5.52. The van der Waals surface area contributed by atoms with Crippen molar-refractivity contribution in [3.63, 3.8) is 0 Å². The molecule has 0 heterocycles. The fraction of sp³-hybridized carbons (Fsp3) is 0.455. The smallest absolute Gasteiger partial charge is 0.161 e. The minimum Gasteiger partial charge on any atom is -0.493 e. The zero-order valence-corrected chi connectivity index (χ0v) is 12.2. The number of rotatable bonds is 6. The Kier molecular flexibility index (Phi) is 5.27. The quantitative estimate of drug-likeness (QED) is 0.752. The molecule has 0 aromatic heterocycles. The van der Waals surface area contributed by atoms with E-state index in [1.54, 1.807) is 13.2 Å². The van der Waals surface area contributed by atoms with Gasteiger partial charge in [-0.2, -0.15) is 0 Å². The number of hydrogen-bond donors (Lipinski definition) is 0. The van der Waals surface area contributed by atoms with Crippen LogP contribution in [0.25, 0.3) is 0 Å². The van der Waals surface area contributed by atoms with Crippen LogP contribution in [0, 0.1) is 0 Å². The van der Waals surface area contributed by atoms with Gasteiger partial charge >= 0.3 is 0 Å². The number of halogens is 1. The molecule has 0 atom stereocenters. The Morgan fingerprint density at radius 3 is 2.53 bits per heavy atom. The second kappa shape index (κ2) is 6.26. The predicted octanol–water partition coefficient (Wildman–Crippen LogP) is 2.01. The Balaban J connectivity index is 2.70. The van der Waals surface area contributed by atoms with Crippen LogP contribution in [-0.2, 0) is 15.2 Å². The molecule has 17 heavy (non-hydrogen) atoms. The first-order chi connectivity index (χ1) is 7.96. The van der Waals surface area contributed by atoms with Gasteiger partial charge in [-0.15, -0.1) is 0 Å². The number of hydrogen-bond acceptors (Lipinski definition) is 4. The van der Waals surface area contributed by atoms with Gasteiger partial charge in [0.05, 0.1) is 12.9 Å². The molecule has 0 saturated heterocycles. The van der Waals surface area contributed by atoms with Gasteiger partial charge in [-0.3, -0.25) is 0 Å². The number of alkyl halides is 1. The Morgan fingerprint density at radius 1 is 1.29 bits per heavy atom. The molecule has 0 spiro atoms. The van der Waals surface area contributed by atoms with Gasteiger partial charge in [-0.05, 0) is 17.7 Å². The lowest BCUT2D eigenvalue weighted by molar-refractivity contribution is 0.311. The minimum absolute atomic E-state index is 0.00362. The topological polar surface area (TPSA) is 52.6 Å². The van der Waals surface area contributed by atoms with Gasteiger partial charge in [0.15, 0.2) is 21.3 Å². The molecule has 0 bridgehead atoms. The van der Waals surface area contributed by atoms with E-state index in [9.17, 15) is 8.42 Å². The number of ether oxygens (including phenoxy) is 2. The average molecular weight is 323 g/mol. The van der Waals surface area contributed by atoms with Crippen molar-refractivity contribution in [1.82, 2.24) is 0 Å². The van der Waals surface area contributed by atoms with Crippen molar-refractivity contribution in [3.05, 3.63) is 23.8 Å². The van der Waals surface area contributed by atoms with E-state index in [-0.39, 0.29) is 12.4 Å². The largest absolute Gasteiger partial charge is 0.493 e. The molecule has 96 valence electrons. The van der Waals surface area contributed by atoms with Crippen LogP contribution in [0.2, 0.25) is 0 Å². The highest BCUT2D eigenvalue weighted by atomic mass is 79.9. The van der Waals surface area contributed by atoms with Crippen LogP contribution in [0.4, 0.5) is 0 Å². The van der Waals surface area contributed by atoms with Crippen LogP contribution in [0.5, 0.6) is 11.5 Å². The van der Waals surface area contributed by atoms with E-state index in [2.05, 4.69) is 15.9 Å². The normalized spacial score (nSPS) is 11.2. The summed E-state index contributed by atoms with van der Waals surface area (Å²) < 4.78 is 32.5. The summed E-state index contributed by atoms with van der Waals surface area (Å²) in [5.74, 6) is 1.16. The lowest BCUT2D eigenvalue weighted by atomic mass is 10.2. The van der Waals surface area contributed by atoms with Gasteiger partial charge in [0, 0.05) is 11.6 Å². The van der Waals surface area contributed by atoms with E-state index in [1.807, 2.05) is 12.1 Å². The molecule has 0 saturated carbocycles. The molecule has 0 amide bonds. The van der Waals surface area contributed by atoms with Crippen LogP contribution in [0.1, 0.15) is 5.56 Å². The lowest BCUT2D eigenvalue weighted by Crippen LogP contribution is -2.12. The summed E-state index contributed by atoms with van der Waals surface area (Å²) in [5, 5.41) is 0.729. The molecule has 1 rings (SSSR count). The lowest BCUT2D eigenvalue weighted by Gasteiger charge is -2.11. The van der Waals surface area contributed by atoms with Gasteiger partial charge in [-0.25, -0.2) is 8.42 Å². The standard InChI is InChI=1S/C11H15BrO4S/c1-15-11-7-9(8-12)3-4-10(11)16-5-6-17(2,13)14/h3-4,7H,5-6,8H2,1-2H3. The average Bonchev–Trinajstić information content (AvgIpc) is 2.27. The monoisotopic (exact) mass is 322 g/mol. The van der Waals surface area contributed by atoms with Crippen LogP contribution < -0.4 is 9.47 Å². The predicted molar refractivity (Wildman–Crippen MR) is 70.8 cm³/mol. The highest BCUT2D eigenvalue weighted by molar-refractivity contribution is 9.08. The highest BCUT2D eigenvalue weighted by Gasteiger charge is 2.07. The first-order valence-electron chi connectivity index (χ1n) is 4.99. The fourth-order valence-electron chi connectivity index (χ4n) is 1.22. The highest BCUT2D eigenvalue weighted by Crippen LogP contribution is 2.28. The third-order valence-corrected chi connectivity index (χ3v) is 3.65. The summed E-state index contributed by atoms with van der Waals surface area (Å²) in [4.78, 5) is 0. The Morgan fingerprint density at radius 2 is 2.00 bits per heavy atom. The zero-order valence-electron chi connectivity index (χ0n) is 9.77. The van der Waals surface area contributed by atoms with Crippen molar-refractivity contribution < 1.29 is 17.9 Å². The second-order valence-corrected chi connectivity index (χ2v) is 6.42. The summed E-state index contributed by atoms with van der Waals surface area (Å²) in [6.07, 6.45) is 1.18. The SMILES string of the molecule is COc1cc(CBr)ccc1OCCS(C)(=O)=O. The molecule has 6 heteroatoms. The molecule has 0 fully saturated rings. The third-order valence-electron chi connectivity index (χ3n) is 2.09. The number of methoxy groups -OCH3 is 1. The van der Waals surface area contributed by atoms with Crippen molar-refractivity contribution >= 4 is 25.8 Å². The summed E-state index contributed by atoms with van der Waals surface area (Å²) in [5.41, 5.74) is 1.07. The summed E-state index contributed by atoms with van der Waals surface area (Å²) >= 11 is 3.35. The molecule has 0 unspecified atom stereocenters. The van der Waals surface area contributed by atoms with Gasteiger partial charge < -0.3 is 9.47 Å². The molecule has 4 nitrogen and oxygen atoms in total. The summed E-state index contributed by atoms with van der Waals surface area (Å²) in [7, 11) is -1.45. The van der Waals surface area contributed by atoms with E-state index in [4.69, 9.17) is 9.47 Å². The molecular weight excluding hydrogens is 308 g/mol. The second-order valence-electron chi connectivity index (χ2n) is 3.60. The number of benzene rings is 1. The van der Waals surface area contributed by atoms with E-state index < -0.39 is 9.84 Å². The first kappa shape index (κ1) is 14.3. The van der Waals surface area contributed by atoms with Crippen molar-refractivity contribution in [2.45, 2.75) is 5.33 Å². The third kappa shape index (κ3) is 4.95. The molecule has 0 N–H and O–H groups in total. The molecular formula is C11H15BrO4S. The van der Waals surface area contributed by atoms with E-state index >= 15 is 0 Å². The molecule has 0 aliphatic carbocycles. The van der Waals surface area contributed by atoms with Gasteiger partial charge in [0.2, 0.25) is 0 Å². The van der Waals surface area contributed by atoms with Crippen LogP contribution >= 0.6 is 15.9 Å². The van der Waals surface area contributed by atoms with Crippen LogP contribution in [0.3, 0.4) is 0 Å². The van der Waals surface area contributed by atoms with Crippen molar-refractivity contribution in [1.29, 1.82) is 0 Å². The molecule has 1 aromatic carbocycles. The molecule has 0 radical (unpaired) electrons. The maximum atomic E-state index is 11.0. The maximum absolute atomic E-state index is 11.0. The molecule has 0 aliphatic heterocycles. The number of sulfone groups is 1. The van der Waals surface area contributed by atoms with Crippen molar-refractivity contribution in [3.8, 4) is 11.5 Å². The van der Waals surface area contributed by atoms with Gasteiger partial charge in [0.25, 0.3) is 0 Å². The maximum Gasteiger partial charge on any atom is 0.161 e. The van der Waals surface area contributed by atoms with Gasteiger partial charge in [0.1, 0.15) is 6.61 Å². The van der Waals surface area contributed by atoms with Crippen LogP contribution in [-0.4, -0.2) is 34.1 Å². The van der Waals surface area contributed by atoms with Crippen molar-refractivity contribution in [2.24, 2.45) is 0 Å². The Bertz CT molecular complexity index is 470. The van der Waals surface area contributed by atoms with Gasteiger partial charge in [-0.1, -0.05) is 22.0 Å². The fourth-order valence-corrected chi connectivity index (χ4v) is 1.95. The van der Waals surface area contributed by atoms with Crippen molar-refractivity contribution in [2.75, 3.05) is 25.7 Å². The minimum atomic E-state index is -3.00. The summed E-state index contributed by atoms with van der Waals surface area (Å²) in [6.45, 7) is 0.128. The molecule has 1 aromatic rings. The first-order valence-corrected chi connectivity index (χ1v) is 8.18. The Labute approximate surface area is 110 Å². The Hall–Kier alpha value is -0.750. The van der Waals surface area contributed by atoms with E-state index in [0.717, 1.165) is 10.9 Å². The molecule has 0 aliphatic rings. The van der Waals surface area contributed by atoms with E-state index in [0.29, 0.717) is 11.5 Å².